The topological polar surface area (TPSA) is 37.8 Å². The van der Waals surface area contributed by atoms with E-state index in [9.17, 15) is 0 Å². The van der Waals surface area contributed by atoms with Gasteiger partial charge < -0.3 is 5.32 Å². The highest BCUT2D eigenvalue weighted by molar-refractivity contribution is 9.10. The molecule has 94 valence electrons. The number of rotatable bonds is 5. The van der Waals surface area contributed by atoms with Crippen molar-refractivity contribution in [3.63, 3.8) is 0 Å². The van der Waals surface area contributed by atoms with Crippen molar-refractivity contribution in [3.05, 3.63) is 46.8 Å². The van der Waals surface area contributed by atoms with Crippen LogP contribution in [0.2, 0.25) is 0 Å². The van der Waals surface area contributed by atoms with Crippen LogP contribution in [0.3, 0.4) is 0 Å². The van der Waals surface area contributed by atoms with Gasteiger partial charge in [0.25, 0.3) is 0 Å². The second-order valence-corrected chi connectivity index (χ2v) is 5.58. The number of pyridine rings is 2. The number of hydrogen-bond donors (Lipinski definition) is 1. The third-order valence-electron chi connectivity index (χ3n) is 2.27. The fraction of sp³-hybridized carbons (Fsp3) is 0.231. The van der Waals surface area contributed by atoms with Gasteiger partial charge >= 0.3 is 0 Å². The van der Waals surface area contributed by atoms with Crippen LogP contribution in [0.15, 0.2) is 46.2 Å². The summed E-state index contributed by atoms with van der Waals surface area (Å²) in [5.41, 5.74) is 2.18. The standard InChI is InChI=1S/C13H14BrN3S/c1-2-15-11-5-6-16-12(7-11)9-18-13-4-3-10(14)8-17-13/h3-8H,2,9H2,1H3,(H,15,16). The van der Waals surface area contributed by atoms with Crippen LogP contribution in [-0.2, 0) is 5.75 Å². The van der Waals surface area contributed by atoms with Gasteiger partial charge in [0.15, 0.2) is 0 Å². The normalized spacial score (nSPS) is 10.3. The maximum Gasteiger partial charge on any atom is 0.0964 e. The molecule has 0 fully saturated rings. The Labute approximate surface area is 120 Å². The molecule has 0 radical (unpaired) electrons. The summed E-state index contributed by atoms with van der Waals surface area (Å²) in [5, 5.41) is 4.29. The van der Waals surface area contributed by atoms with E-state index in [2.05, 4.69) is 44.2 Å². The van der Waals surface area contributed by atoms with Gasteiger partial charge in [-0.1, -0.05) is 0 Å². The van der Waals surface area contributed by atoms with Gasteiger partial charge in [0, 0.05) is 34.9 Å². The molecule has 2 aromatic rings. The van der Waals surface area contributed by atoms with Crippen molar-refractivity contribution in [2.24, 2.45) is 0 Å². The summed E-state index contributed by atoms with van der Waals surface area (Å²) in [6.07, 6.45) is 3.65. The number of thioether (sulfide) groups is 1. The quantitative estimate of drug-likeness (QED) is 0.845. The molecule has 0 bridgehead atoms. The molecule has 0 atom stereocenters. The largest absolute Gasteiger partial charge is 0.385 e. The molecule has 0 aliphatic rings. The minimum absolute atomic E-state index is 0.827. The van der Waals surface area contributed by atoms with Crippen molar-refractivity contribution in [3.8, 4) is 0 Å². The van der Waals surface area contributed by atoms with Crippen LogP contribution < -0.4 is 5.32 Å². The number of halogens is 1. The number of anilines is 1. The van der Waals surface area contributed by atoms with E-state index in [1.807, 2.05) is 30.6 Å². The molecule has 0 unspecified atom stereocenters. The SMILES string of the molecule is CCNc1ccnc(CSc2ccc(Br)cn2)c1. The van der Waals surface area contributed by atoms with Gasteiger partial charge in [-0.2, -0.15) is 0 Å². The number of hydrogen-bond acceptors (Lipinski definition) is 4. The maximum atomic E-state index is 4.36. The third-order valence-corrected chi connectivity index (χ3v) is 3.71. The summed E-state index contributed by atoms with van der Waals surface area (Å²) >= 11 is 5.06. The molecule has 2 rings (SSSR count). The first-order valence-corrected chi connectivity index (χ1v) is 7.49. The van der Waals surface area contributed by atoms with Crippen LogP contribution in [0.1, 0.15) is 12.6 Å². The fourth-order valence-electron chi connectivity index (χ4n) is 1.47. The molecule has 1 N–H and O–H groups in total. The van der Waals surface area contributed by atoms with Gasteiger partial charge in [0.1, 0.15) is 0 Å². The Morgan fingerprint density at radius 2 is 2.17 bits per heavy atom. The number of aromatic nitrogens is 2. The van der Waals surface area contributed by atoms with Crippen LogP contribution >= 0.6 is 27.7 Å². The first kappa shape index (κ1) is 13.4. The van der Waals surface area contributed by atoms with Crippen LogP contribution in [0.4, 0.5) is 5.69 Å². The van der Waals surface area contributed by atoms with Crippen molar-refractivity contribution in [1.29, 1.82) is 0 Å². The molecule has 2 aromatic heterocycles. The Hall–Kier alpha value is -1.07. The molecule has 0 saturated heterocycles. The Morgan fingerprint density at radius 1 is 1.28 bits per heavy atom. The molecule has 0 saturated carbocycles. The second-order valence-electron chi connectivity index (χ2n) is 3.67. The van der Waals surface area contributed by atoms with Crippen LogP contribution in [0, 0.1) is 0 Å². The van der Waals surface area contributed by atoms with E-state index in [1.54, 1.807) is 11.8 Å². The summed E-state index contributed by atoms with van der Waals surface area (Å²) in [6.45, 7) is 3.01. The molecule has 0 aliphatic carbocycles. The zero-order valence-corrected chi connectivity index (χ0v) is 12.5. The zero-order chi connectivity index (χ0) is 12.8. The lowest BCUT2D eigenvalue weighted by Crippen LogP contribution is -1.98. The lowest BCUT2D eigenvalue weighted by molar-refractivity contribution is 1.11. The third kappa shape index (κ3) is 3.99. The van der Waals surface area contributed by atoms with Gasteiger partial charge in [-0.25, -0.2) is 4.98 Å². The predicted molar refractivity (Wildman–Crippen MR) is 79.9 cm³/mol. The van der Waals surface area contributed by atoms with Crippen molar-refractivity contribution in [2.75, 3.05) is 11.9 Å². The smallest absolute Gasteiger partial charge is 0.0964 e. The molecule has 2 heterocycles. The van der Waals surface area contributed by atoms with Gasteiger partial charge in [-0.15, -0.1) is 11.8 Å². The fourth-order valence-corrected chi connectivity index (χ4v) is 2.45. The van der Waals surface area contributed by atoms with E-state index < -0.39 is 0 Å². The Balaban J connectivity index is 1.97. The molecular formula is C13H14BrN3S. The van der Waals surface area contributed by atoms with Gasteiger partial charge in [0.05, 0.1) is 10.7 Å². The van der Waals surface area contributed by atoms with Crippen LogP contribution in [-0.4, -0.2) is 16.5 Å². The van der Waals surface area contributed by atoms with Gasteiger partial charge in [-0.05, 0) is 47.1 Å². The highest BCUT2D eigenvalue weighted by Gasteiger charge is 2.00. The van der Waals surface area contributed by atoms with Gasteiger partial charge in [-0.3, -0.25) is 4.98 Å². The lowest BCUT2D eigenvalue weighted by atomic mass is 10.3. The Kier molecular flexibility index (Phi) is 5.01. The van der Waals surface area contributed by atoms with E-state index >= 15 is 0 Å². The first-order valence-electron chi connectivity index (χ1n) is 5.71. The van der Waals surface area contributed by atoms with E-state index in [1.165, 1.54) is 0 Å². The van der Waals surface area contributed by atoms with Crippen molar-refractivity contribution >= 4 is 33.4 Å². The molecule has 18 heavy (non-hydrogen) atoms. The zero-order valence-electron chi connectivity index (χ0n) is 10.1. The lowest BCUT2D eigenvalue weighted by Gasteiger charge is -2.05. The van der Waals surface area contributed by atoms with Crippen molar-refractivity contribution < 1.29 is 0 Å². The van der Waals surface area contributed by atoms with E-state index in [4.69, 9.17) is 0 Å². The molecule has 0 amide bonds. The first-order chi connectivity index (χ1) is 8.78. The molecule has 3 nitrogen and oxygen atoms in total. The van der Waals surface area contributed by atoms with Crippen LogP contribution in [0.5, 0.6) is 0 Å². The second kappa shape index (κ2) is 6.75. The van der Waals surface area contributed by atoms with Gasteiger partial charge in [0.2, 0.25) is 0 Å². The highest BCUT2D eigenvalue weighted by Crippen LogP contribution is 2.22. The summed E-state index contributed by atoms with van der Waals surface area (Å²) in [6, 6.07) is 8.06. The average Bonchev–Trinajstić information content (AvgIpc) is 2.39. The van der Waals surface area contributed by atoms with Crippen molar-refractivity contribution in [2.45, 2.75) is 17.7 Å². The molecule has 0 aliphatic heterocycles. The minimum atomic E-state index is 0.827. The van der Waals surface area contributed by atoms with E-state index in [0.29, 0.717) is 0 Å². The summed E-state index contributed by atoms with van der Waals surface area (Å²) < 4.78 is 0.999. The number of nitrogens with one attached hydrogen (secondary N) is 1. The summed E-state index contributed by atoms with van der Waals surface area (Å²) in [7, 11) is 0. The molecular weight excluding hydrogens is 310 g/mol. The minimum Gasteiger partial charge on any atom is -0.385 e. The molecule has 0 aromatic carbocycles. The number of nitrogens with zero attached hydrogens (tertiary/aromatic N) is 2. The van der Waals surface area contributed by atoms with E-state index in [-0.39, 0.29) is 0 Å². The molecule has 0 spiro atoms. The Morgan fingerprint density at radius 3 is 2.89 bits per heavy atom. The monoisotopic (exact) mass is 323 g/mol. The maximum absolute atomic E-state index is 4.36. The highest BCUT2D eigenvalue weighted by atomic mass is 79.9. The summed E-state index contributed by atoms with van der Waals surface area (Å²) in [5.74, 6) is 0.827. The predicted octanol–water partition coefficient (Wildman–Crippen LogP) is 3.96. The summed E-state index contributed by atoms with van der Waals surface area (Å²) in [4.78, 5) is 8.68. The average molecular weight is 324 g/mol. The van der Waals surface area contributed by atoms with Crippen LogP contribution in [0.25, 0.3) is 0 Å². The van der Waals surface area contributed by atoms with Crippen molar-refractivity contribution in [1.82, 2.24) is 9.97 Å². The Bertz CT molecular complexity index is 502. The molecule has 5 heteroatoms. The van der Waals surface area contributed by atoms with E-state index in [0.717, 1.165) is 33.2 Å².